The SMILES string of the molecule is COc1cc(/C=C2\CC[C@H]3CC[C@@H](c4cccc(F)c4F)N3C2=O)ccc1-n1cnc(C)c1. The predicted molar refractivity (Wildman–Crippen MR) is 121 cm³/mol. The van der Waals surface area contributed by atoms with Crippen LogP contribution in [0.1, 0.15) is 48.5 Å². The van der Waals surface area contributed by atoms with Crippen molar-refractivity contribution in [1.82, 2.24) is 14.5 Å². The van der Waals surface area contributed by atoms with E-state index >= 15 is 0 Å². The van der Waals surface area contributed by atoms with Gasteiger partial charge >= 0.3 is 0 Å². The summed E-state index contributed by atoms with van der Waals surface area (Å²) in [6, 6.07) is 9.57. The van der Waals surface area contributed by atoms with Gasteiger partial charge in [-0.15, -0.1) is 0 Å². The van der Waals surface area contributed by atoms with E-state index in [1.807, 2.05) is 42.0 Å². The molecule has 3 aromatic rings. The highest BCUT2D eigenvalue weighted by Crippen LogP contribution is 2.43. The summed E-state index contributed by atoms with van der Waals surface area (Å²) < 4.78 is 35.8. The van der Waals surface area contributed by atoms with Gasteiger partial charge in [0.25, 0.3) is 5.91 Å². The van der Waals surface area contributed by atoms with Gasteiger partial charge in [0.05, 0.1) is 30.9 Å². The minimum Gasteiger partial charge on any atom is -0.495 e. The van der Waals surface area contributed by atoms with Crippen LogP contribution < -0.4 is 4.74 Å². The highest BCUT2D eigenvalue weighted by molar-refractivity contribution is 5.99. The molecule has 7 heteroatoms. The molecule has 0 bridgehead atoms. The third-order valence-corrected chi connectivity index (χ3v) is 6.63. The van der Waals surface area contributed by atoms with Crippen LogP contribution in [0.15, 0.2) is 54.5 Å². The number of amides is 1. The van der Waals surface area contributed by atoms with Gasteiger partial charge in [-0.1, -0.05) is 18.2 Å². The molecule has 0 unspecified atom stereocenters. The molecule has 0 saturated carbocycles. The van der Waals surface area contributed by atoms with E-state index in [-0.39, 0.29) is 17.5 Å². The van der Waals surface area contributed by atoms with Crippen LogP contribution in [0, 0.1) is 18.6 Å². The van der Waals surface area contributed by atoms with E-state index < -0.39 is 17.7 Å². The summed E-state index contributed by atoms with van der Waals surface area (Å²) in [6.45, 7) is 1.92. The van der Waals surface area contributed by atoms with Crippen LogP contribution >= 0.6 is 0 Å². The Morgan fingerprint density at radius 1 is 1.15 bits per heavy atom. The molecular formula is C26H25F2N3O2. The van der Waals surface area contributed by atoms with Crippen molar-refractivity contribution < 1.29 is 18.3 Å². The number of nitrogens with zero attached hydrogens (tertiary/aromatic N) is 3. The molecule has 2 aromatic carbocycles. The molecule has 0 aliphatic carbocycles. The molecule has 1 amide bonds. The van der Waals surface area contributed by atoms with Crippen LogP contribution in [0.4, 0.5) is 8.78 Å². The minimum atomic E-state index is -0.878. The molecule has 2 atom stereocenters. The maximum Gasteiger partial charge on any atom is 0.250 e. The highest BCUT2D eigenvalue weighted by atomic mass is 19.2. The van der Waals surface area contributed by atoms with E-state index in [0.29, 0.717) is 24.2 Å². The number of halogens is 2. The second-order valence-electron chi connectivity index (χ2n) is 8.66. The number of benzene rings is 2. The summed E-state index contributed by atoms with van der Waals surface area (Å²) in [7, 11) is 1.61. The Kier molecular flexibility index (Phi) is 5.48. The van der Waals surface area contributed by atoms with Gasteiger partial charge in [-0.05, 0) is 62.4 Å². The molecule has 5 rings (SSSR count). The van der Waals surface area contributed by atoms with Gasteiger partial charge in [-0.3, -0.25) is 4.79 Å². The first-order valence-electron chi connectivity index (χ1n) is 11.1. The number of hydrogen-bond acceptors (Lipinski definition) is 3. The summed E-state index contributed by atoms with van der Waals surface area (Å²) >= 11 is 0. The first kappa shape index (κ1) is 21.4. The van der Waals surface area contributed by atoms with Gasteiger partial charge in [0, 0.05) is 23.4 Å². The fraction of sp³-hybridized carbons (Fsp3) is 0.308. The Morgan fingerprint density at radius 2 is 2.00 bits per heavy atom. The molecule has 170 valence electrons. The van der Waals surface area contributed by atoms with Crippen molar-refractivity contribution >= 4 is 12.0 Å². The number of carbonyl (C=O) groups is 1. The van der Waals surface area contributed by atoms with Gasteiger partial charge < -0.3 is 14.2 Å². The van der Waals surface area contributed by atoms with E-state index in [9.17, 15) is 13.6 Å². The average molecular weight is 450 g/mol. The van der Waals surface area contributed by atoms with Crippen LogP contribution in [0.3, 0.4) is 0 Å². The van der Waals surface area contributed by atoms with Gasteiger partial charge in [-0.2, -0.15) is 0 Å². The molecule has 2 saturated heterocycles. The average Bonchev–Trinajstić information content (AvgIpc) is 3.44. The normalized spacial score (nSPS) is 21.5. The number of aromatic nitrogens is 2. The van der Waals surface area contributed by atoms with Crippen LogP contribution in [0.5, 0.6) is 5.75 Å². The molecule has 33 heavy (non-hydrogen) atoms. The lowest BCUT2D eigenvalue weighted by Crippen LogP contribution is -2.42. The van der Waals surface area contributed by atoms with Gasteiger partial charge in [0.1, 0.15) is 5.75 Å². The molecule has 2 aliphatic heterocycles. The number of methoxy groups -OCH3 is 1. The number of carbonyl (C=O) groups excluding carboxylic acids is 1. The van der Waals surface area contributed by atoms with E-state index in [4.69, 9.17) is 4.74 Å². The van der Waals surface area contributed by atoms with E-state index in [1.54, 1.807) is 24.4 Å². The summed E-state index contributed by atoms with van der Waals surface area (Å²) in [5.74, 6) is -1.17. The largest absolute Gasteiger partial charge is 0.495 e. The standard InChI is InChI=1S/C26H25F2N3O2/c1-16-14-30(15-29-16)23-10-6-17(13-24(23)33-2)12-18-7-8-19-9-11-22(31(19)26(18)32)20-4-3-5-21(27)25(20)28/h3-6,10,12-15,19,22H,7-9,11H2,1-2H3/b18-12+/t19-,22-/m0/s1. The van der Waals surface area contributed by atoms with Crippen molar-refractivity contribution in [2.75, 3.05) is 7.11 Å². The Bertz CT molecular complexity index is 1250. The lowest BCUT2D eigenvalue weighted by Gasteiger charge is -2.35. The number of fused-ring (bicyclic) bond motifs is 1. The van der Waals surface area contributed by atoms with Crippen molar-refractivity contribution in [3.05, 3.63) is 83.0 Å². The Morgan fingerprint density at radius 3 is 2.76 bits per heavy atom. The van der Waals surface area contributed by atoms with Gasteiger partial charge in [0.15, 0.2) is 11.6 Å². The lowest BCUT2D eigenvalue weighted by atomic mass is 9.95. The lowest BCUT2D eigenvalue weighted by molar-refractivity contribution is -0.132. The molecule has 2 aliphatic rings. The molecule has 2 fully saturated rings. The van der Waals surface area contributed by atoms with E-state index in [1.165, 1.54) is 6.07 Å². The third-order valence-electron chi connectivity index (χ3n) is 6.63. The Labute approximate surface area is 191 Å². The molecule has 1 aromatic heterocycles. The van der Waals surface area contributed by atoms with Gasteiger partial charge in [0.2, 0.25) is 0 Å². The van der Waals surface area contributed by atoms with Crippen LogP contribution in [-0.2, 0) is 4.79 Å². The van der Waals surface area contributed by atoms with Crippen molar-refractivity contribution in [1.29, 1.82) is 0 Å². The monoisotopic (exact) mass is 449 g/mol. The maximum absolute atomic E-state index is 14.5. The van der Waals surface area contributed by atoms with Crippen molar-refractivity contribution in [2.45, 2.75) is 44.7 Å². The summed E-state index contributed by atoms with van der Waals surface area (Å²) in [4.78, 5) is 19.5. The zero-order valence-corrected chi connectivity index (χ0v) is 18.6. The number of ether oxygens (including phenoxy) is 1. The topological polar surface area (TPSA) is 47.4 Å². The number of aryl methyl sites for hydroxylation is 1. The van der Waals surface area contributed by atoms with Crippen molar-refractivity contribution in [2.24, 2.45) is 0 Å². The van der Waals surface area contributed by atoms with Crippen LogP contribution in [-0.4, -0.2) is 33.5 Å². The predicted octanol–water partition coefficient (Wildman–Crippen LogP) is 5.38. The van der Waals surface area contributed by atoms with Crippen LogP contribution in [0.25, 0.3) is 11.8 Å². The summed E-state index contributed by atoms with van der Waals surface area (Å²) in [5, 5.41) is 0. The van der Waals surface area contributed by atoms with E-state index in [2.05, 4.69) is 4.98 Å². The number of hydrogen-bond donors (Lipinski definition) is 0. The Balaban J connectivity index is 1.45. The zero-order chi connectivity index (χ0) is 23.1. The first-order chi connectivity index (χ1) is 16.0. The van der Waals surface area contributed by atoms with E-state index in [0.717, 1.165) is 35.9 Å². The smallest absolute Gasteiger partial charge is 0.250 e. The summed E-state index contributed by atoms with van der Waals surface area (Å²) in [6.07, 6.45) is 8.43. The second-order valence-corrected chi connectivity index (χ2v) is 8.66. The third kappa shape index (κ3) is 3.81. The fourth-order valence-corrected chi connectivity index (χ4v) is 5.04. The minimum absolute atomic E-state index is 0.0590. The van der Waals surface area contributed by atoms with Crippen molar-refractivity contribution in [3.63, 3.8) is 0 Å². The molecule has 0 spiro atoms. The quantitative estimate of drug-likeness (QED) is 0.503. The fourth-order valence-electron chi connectivity index (χ4n) is 5.04. The van der Waals surface area contributed by atoms with Crippen LogP contribution in [0.2, 0.25) is 0 Å². The summed E-state index contributed by atoms with van der Waals surface area (Å²) in [5.41, 5.74) is 3.54. The maximum atomic E-state index is 14.5. The molecular weight excluding hydrogens is 424 g/mol. The zero-order valence-electron chi connectivity index (χ0n) is 18.6. The number of piperidine rings is 1. The number of imidazole rings is 1. The first-order valence-corrected chi connectivity index (χ1v) is 11.1. The van der Waals surface area contributed by atoms with Crippen molar-refractivity contribution in [3.8, 4) is 11.4 Å². The molecule has 0 radical (unpaired) electrons. The molecule has 0 N–H and O–H groups in total. The molecule has 3 heterocycles. The second kappa shape index (κ2) is 8.46. The highest BCUT2D eigenvalue weighted by Gasteiger charge is 2.42. The van der Waals surface area contributed by atoms with Gasteiger partial charge in [-0.25, -0.2) is 13.8 Å². The Hall–Kier alpha value is -3.48. The number of rotatable bonds is 4. The molecule has 5 nitrogen and oxygen atoms in total.